The van der Waals surface area contributed by atoms with Crippen LogP contribution in [-0.2, 0) is 0 Å². The van der Waals surface area contributed by atoms with Gasteiger partial charge in [-0.05, 0) is 38.8 Å². The first-order chi connectivity index (χ1) is 8.54. The molecule has 1 heterocycles. The maximum absolute atomic E-state index is 9.25. The lowest BCUT2D eigenvalue weighted by Crippen LogP contribution is -2.20. The first-order valence-corrected chi connectivity index (χ1v) is 6.33. The van der Waals surface area contributed by atoms with Crippen LogP contribution in [0, 0.1) is 5.41 Å². The van der Waals surface area contributed by atoms with Crippen LogP contribution in [0.25, 0.3) is 0 Å². The highest BCUT2D eigenvalue weighted by atomic mass is 16.5. The third-order valence-electron chi connectivity index (χ3n) is 3.17. The van der Waals surface area contributed by atoms with Gasteiger partial charge in [0.25, 0.3) is 0 Å². The number of aromatic nitrogens is 1. The summed E-state index contributed by atoms with van der Waals surface area (Å²) in [5.74, 6) is 1.20. The van der Waals surface area contributed by atoms with Crippen molar-refractivity contribution in [2.24, 2.45) is 5.41 Å². The number of nitrogens with two attached hydrogens (primary N) is 1. The molecular weight excluding hydrogens is 230 g/mol. The number of pyridine rings is 1. The van der Waals surface area contributed by atoms with Gasteiger partial charge in [0.1, 0.15) is 5.82 Å². The topological polar surface area (TPSA) is 80.4 Å². The lowest BCUT2D eigenvalue weighted by atomic mass is 10.1. The minimum Gasteiger partial charge on any atom is -0.473 e. The summed E-state index contributed by atoms with van der Waals surface area (Å²) in [5.41, 5.74) is 6.40. The van der Waals surface area contributed by atoms with E-state index in [1.165, 1.54) is 0 Å². The maximum atomic E-state index is 9.25. The number of rotatable bonds is 6. The van der Waals surface area contributed by atoms with Gasteiger partial charge in [0.05, 0.1) is 18.4 Å². The smallest absolute Gasteiger partial charge is 0.239 e. The predicted octanol–water partition coefficient (Wildman–Crippen LogP) is 1.64. The summed E-state index contributed by atoms with van der Waals surface area (Å²) in [6, 6.07) is 3.61. The van der Waals surface area contributed by atoms with Crippen LogP contribution in [-0.4, -0.2) is 29.3 Å². The van der Waals surface area contributed by atoms with Gasteiger partial charge in [-0.15, -0.1) is 0 Å². The summed E-state index contributed by atoms with van der Waals surface area (Å²) in [7, 11) is 0. The van der Waals surface area contributed by atoms with Crippen molar-refractivity contribution < 1.29 is 9.84 Å². The van der Waals surface area contributed by atoms with Gasteiger partial charge < -0.3 is 20.9 Å². The van der Waals surface area contributed by atoms with E-state index in [4.69, 9.17) is 10.5 Å². The lowest BCUT2D eigenvalue weighted by molar-refractivity contribution is 0.219. The number of anilines is 2. The van der Waals surface area contributed by atoms with Crippen LogP contribution < -0.4 is 15.8 Å². The monoisotopic (exact) mass is 251 g/mol. The summed E-state index contributed by atoms with van der Waals surface area (Å²) in [5, 5.41) is 12.5. The molecule has 100 valence electrons. The summed E-state index contributed by atoms with van der Waals surface area (Å²) in [6.07, 6.45) is 2.18. The number of nitrogens with one attached hydrogen (secondary N) is 1. The fourth-order valence-corrected chi connectivity index (χ4v) is 1.71. The van der Waals surface area contributed by atoms with Gasteiger partial charge in [0.15, 0.2) is 0 Å². The SMILES string of the molecule is CC(C)Oc1nc(NCC2(CO)CC2)ccc1N. The molecule has 1 fully saturated rings. The zero-order chi connectivity index (χ0) is 13.2. The van der Waals surface area contributed by atoms with Gasteiger partial charge in [0, 0.05) is 12.0 Å². The Morgan fingerprint density at radius 2 is 2.22 bits per heavy atom. The van der Waals surface area contributed by atoms with Crippen LogP contribution in [0.2, 0.25) is 0 Å². The van der Waals surface area contributed by atoms with E-state index in [2.05, 4.69) is 10.3 Å². The lowest BCUT2D eigenvalue weighted by Gasteiger charge is -2.15. The largest absolute Gasteiger partial charge is 0.473 e. The minimum atomic E-state index is 0.0438. The predicted molar refractivity (Wildman–Crippen MR) is 71.7 cm³/mol. The Hall–Kier alpha value is -1.49. The van der Waals surface area contributed by atoms with Crippen LogP contribution in [0.1, 0.15) is 26.7 Å². The van der Waals surface area contributed by atoms with Crippen molar-refractivity contribution in [3.05, 3.63) is 12.1 Å². The molecule has 1 aliphatic carbocycles. The van der Waals surface area contributed by atoms with Crippen molar-refractivity contribution >= 4 is 11.5 Å². The Kier molecular flexibility index (Phi) is 3.61. The highest BCUT2D eigenvalue weighted by Crippen LogP contribution is 2.44. The Labute approximate surface area is 107 Å². The second kappa shape index (κ2) is 5.02. The number of hydrogen-bond donors (Lipinski definition) is 3. The number of ether oxygens (including phenoxy) is 1. The maximum Gasteiger partial charge on any atom is 0.239 e. The van der Waals surface area contributed by atoms with Crippen LogP contribution in [0.15, 0.2) is 12.1 Å². The number of hydrogen-bond acceptors (Lipinski definition) is 5. The molecule has 4 N–H and O–H groups in total. The number of nitrogens with zero attached hydrogens (tertiary/aromatic N) is 1. The van der Waals surface area contributed by atoms with E-state index in [1.54, 1.807) is 6.07 Å². The molecule has 0 radical (unpaired) electrons. The molecule has 2 rings (SSSR count). The molecule has 1 aromatic rings. The van der Waals surface area contributed by atoms with Crippen molar-refractivity contribution in [3.8, 4) is 5.88 Å². The average Bonchev–Trinajstić information content (AvgIpc) is 3.10. The van der Waals surface area contributed by atoms with E-state index < -0.39 is 0 Å². The number of nitrogen functional groups attached to an aromatic ring is 1. The molecule has 0 aromatic carbocycles. The normalized spacial score (nSPS) is 16.7. The van der Waals surface area contributed by atoms with E-state index in [-0.39, 0.29) is 18.1 Å². The van der Waals surface area contributed by atoms with Crippen LogP contribution in [0.3, 0.4) is 0 Å². The van der Waals surface area contributed by atoms with Crippen LogP contribution >= 0.6 is 0 Å². The molecule has 0 atom stereocenters. The molecular formula is C13H21N3O2. The zero-order valence-corrected chi connectivity index (χ0v) is 10.9. The molecule has 1 saturated carbocycles. The fourth-order valence-electron chi connectivity index (χ4n) is 1.71. The Bertz CT molecular complexity index is 417. The second-order valence-electron chi connectivity index (χ2n) is 5.27. The van der Waals surface area contributed by atoms with Crippen LogP contribution in [0.5, 0.6) is 5.88 Å². The van der Waals surface area contributed by atoms with Gasteiger partial charge in [-0.25, -0.2) is 0 Å². The molecule has 0 spiro atoms. The van der Waals surface area contributed by atoms with Gasteiger partial charge in [-0.1, -0.05) is 0 Å². The van der Waals surface area contributed by atoms with Gasteiger partial charge in [-0.3, -0.25) is 0 Å². The molecule has 18 heavy (non-hydrogen) atoms. The van der Waals surface area contributed by atoms with Crippen molar-refractivity contribution in [3.63, 3.8) is 0 Å². The first-order valence-electron chi connectivity index (χ1n) is 6.33. The van der Waals surface area contributed by atoms with Crippen molar-refractivity contribution in [2.75, 3.05) is 24.2 Å². The van der Waals surface area contributed by atoms with E-state index in [0.717, 1.165) is 25.2 Å². The van der Waals surface area contributed by atoms with E-state index in [0.29, 0.717) is 11.6 Å². The first kappa shape index (κ1) is 13.0. The number of aliphatic hydroxyl groups is 1. The van der Waals surface area contributed by atoms with Crippen molar-refractivity contribution in [1.29, 1.82) is 0 Å². The third-order valence-corrected chi connectivity index (χ3v) is 3.17. The molecule has 1 aromatic heterocycles. The van der Waals surface area contributed by atoms with Gasteiger partial charge >= 0.3 is 0 Å². The third kappa shape index (κ3) is 3.04. The van der Waals surface area contributed by atoms with E-state index in [9.17, 15) is 5.11 Å². The molecule has 0 unspecified atom stereocenters. The van der Waals surface area contributed by atoms with Gasteiger partial charge in [-0.2, -0.15) is 4.98 Å². The minimum absolute atomic E-state index is 0.0438. The standard InChI is InChI=1S/C13H21N3O2/c1-9(2)18-12-10(14)3-4-11(16-12)15-7-13(8-17)5-6-13/h3-4,9,17H,5-8,14H2,1-2H3,(H,15,16). The van der Waals surface area contributed by atoms with Gasteiger partial charge in [0.2, 0.25) is 5.88 Å². The summed E-state index contributed by atoms with van der Waals surface area (Å²) in [4.78, 5) is 4.34. The fraction of sp³-hybridized carbons (Fsp3) is 0.615. The number of aliphatic hydroxyl groups excluding tert-OH is 1. The molecule has 5 heteroatoms. The molecule has 0 aliphatic heterocycles. The average molecular weight is 251 g/mol. The Balaban J connectivity index is 2.00. The van der Waals surface area contributed by atoms with Crippen molar-refractivity contribution in [1.82, 2.24) is 4.98 Å². The molecule has 0 saturated heterocycles. The molecule has 0 amide bonds. The highest BCUT2D eigenvalue weighted by Gasteiger charge is 2.41. The summed E-state index contributed by atoms with van der Waals surface area (Å²) < 4.78 is 5.53. The molecule has 1 aliphatic rings. The van der Waals surface area contributed by atoms with Crippen LogP contribution in [0.4, 0.5) is 11.5 Å². The van der Waals surface area contributed by atoms with E-state index in [1.807, 2.05) is 19.9 Å². The summed E-state index contributed by atoms with van der Waals surface area (Å²) >= 11 is 0. The Morgan fingerprint density at radius 3 is 2.78 bits per heavy atom. The van der Waals surface area contributed by atoms with E-state index >= 15 is 0 Å². The zero-order valence-electron chi connectivity index (χ0n) is 10.9. The molecule has 0 bridgehead atoms. The molecule has 5 nitrogen and oxygen atoms in total. The highest BCUT2D eigenvalue weighted by molar-refractivity contribution is 5.53. The van der Waals surface area contributed by atoms with Crippen molar-refractivity contribution in [2.45, 2.75) is 32.8 Å². The second-order valence-corrected chi connectivity index (χ2v) is 5.27. The summed E-state index contributed by atoms with van der Waals surface area (Å²) in [6.45, 7) is 4.84. The Morgan fingerprint density at radius 1 is 1.50 bits per heavy atom. The quantitative estimate of drug-likeness (QED) is 0.716.